The molecule has 1 saturated carbocycles. The van der Waals surface area contributed by atoms with Crippen LogP contribution < -0.4 is 5.73 Å². The number of hydrogen-bond acceptors (Lipinski definition) is 2. The van der Waals surface area contributed by atoms with Crippen molar-refractivity contribution in [3.63, 3.8) is 0 Å². The maximum Gasteiger partial charge on any atom is 0.260 e. The summed E-state index contributed by atoms with van der Waals surface area (Å²) in [6, 6.07) is 8.23. The van der Waals surface area contributed by atoms with E-state index in [1.54, 1.807) is 18.2 Å². The van der Waals surface area contributed by atoms with Gasteiger partial charge in [-0.2, -0.15) is 5.26 Å². The van der Waals surface area contributed by atoms with Crippen LogP contribution in [0, 0.1) is 11.3 Å². The lowest BCUT2D eigenvalue weighted by Crippen LogP contribution is -2.26. The van der Waals surface area contributed by atoms with E-state index in [1.807, 2.05) is 6.07 Å². The number of rotatable bonds is 2. The molecule has 1 unspecified atom stereocenters. The molecular formula is C11H10F2N2. The number of nitriles is 1. The monoisotopic (exact) mass is 208 g/mol. The highest BCUT2D eigenvalue weighted by Crippen LogP contribution is 2.60. The Labute approximate surface area is 86.3 Å². The van der Waals surface area contributed by atoms with Crippen molar-refractivity contribution in [3.8, 4) is 6.07 Å². The molecule has 0 aromatic heterocycles. The second-order valence-corrected chi connectivity index (χ2v) is 3.86. The number of hydrogen-bond donors (Lipinski definition) is 1. The van der Waals surface area contributed by atoms with E-state index < -0.39 is 11.3 Å². The normalized spacial score (nSPS) is 27.1. The average molecular weight is 208 g/mol. The van der Waals surface area contributed by atoms with Gasteiger partial charge in [0.25, 0.3) is 5.92 Å². The van der Waals surface area contributed by atoms with Gasteiger partial charge in [0.05, 0.1) is 17.0 Å². The summed E-state index contributed by atoms with van der Waals surface area (Å²) in [4.78, 5) is 0. The smallest absolute Gasteiger partial charge is 0.260 e. The van der Waals surface area contributed by atoms with Gasteiger partial charge >= 0.3 is 0 Å². The number of nitrogens with two attached hydrogens (primary N) is 1. The summed E-state index contributed by atoms with van der Waals surface area (Å²) in [5.41, 5.74) is 5.03. The number of halogens is 2. The first kappa shape index (κ1) is 10.1. The molecule has 1 aliphatic rings. The first-order chi connectivity index (χ1) is 7.05. The standard InChI is InChI=1S/C11H10F2N2/c12-11(13)6-10(11,7-15)9-3-1-2-8(4-9)5-14/h1-4H,6-7,15H2. The highest BCUT2D eigenvalue weighted by atomic mass is 19.3. The molecule has 2 N–H and O–H groups in total. The fraction of sp³-hybridized carbons (Fsp3) is 0.364. The van der Waals surface area contributed by atoms with Crippen LogP contribution in [0.25, 0.3) is 0 Å². The summed E-state index contributed by atoms with van der Waals surface area (Å²) in [5.74, 6) is -2.73. The first-order valence-electron chi connectivity index (χ1n) is 4.64. The van der Waals surface area contributed by atoms with Crippen molar-refractivity contribution in [2.24, 2.45) is 5.73 Å². The fourth-order valence-corrected chi connectivity index (χ4v) is 1.87. The maximum absolute atomic E-state index is 13.2. The van der Waals surface area contributed by atoms with Gasteiger partial charge in [-0.25, -0.2) is 8.78 Å². The third-order valence-electron chi connectivity index (χ3n) is 2.99. The minimum atomic E-state index is -2.73. The van der Waals surface area contributed by atoms with Crippen LogP contribution >= 0.6 is 0 Å². The van der Waals surface area contributed by atoms with Gasteiger partial charge in [0.15, 0.2) is 0 Å². The molecule has 0 saturated heterocycles. The Balaban J connectivity index is 2.43. The van der Waals surface area contributed by atoms with Crippen LogP contribution in [0.1, 0.15) is 17.5 Å². The Morgan fingerprint density at radius 2 is 2.13 bits per heavy atom. The van der Waals surface area contributed by atoms with E-state index in [0.29, 0.717) is 11.1 Å². The van der Waals surface area contributed by atoms with Crippen LogP contribution in [0.4, 0.5) is 8.78 Å². The van der Waals surface area contributed by atoms with Crippen LogP contribution in [0.3, 0.4) is 0 Å². The summed E-state index contributed by atoms with van der Waals surface area (Å²) in [6.07, 6.45) is -0.217. The summed E-state index contributed by atoms with van der Waals surface area (Å²) in [5, 5.41) is 8.68. The van der Waals surface area contributed by atoms with Crippen LogP contribution in [0.5, 0.6) is 0 Å². The summed E-state index contributed by atoms with van der Waals surface area (Å²) < 4.78 is 26.4. The van der Waals surface area contributed by atoms with Crippen LogP contribution in [0.15, 0.2) is 24.3 Å². The summed E-state index contributed by atoms with van der Waals surface area (Å²) in [7, 11) is 0. The highest BCUT2D eigenvalue weighted by Gasteiger charge is 2.71. The quantitative estimate of drug-likeness (QED) is 0.805. The van der Waals surface area contributed by atoms with Gasteiger partial charge in [-0.3, -0.25) is 0 Å². The molecule has 0 amide bonds. The molecule has 15 heavy (non-hydrogen) atoms. The lowest BCUT2D eigenvalue weighted by atomic mass is 9.94. The van der Waals surface area contributed by atoms with Crippen molar-refractivity contribution < 1.29 is 8.78 Å². The molecule has 2 nitrogen and oxygen atoms in total. The minimum Gasteiger partial charge on any atom is -0.329 e. The van der Waals surface area contributed by atoms with Gasteiger partial charge in [-0.05, 0) is 17.7 Å². The fourth-order valence-electron chi connectivity index (χ4n) is 1.87. The Morgan fingerprint density at radius 3 is 2.60 bits per heavy atom. The molecule has 0 bridgehead atoms. The van der Waals surface area contributed by atoms with Gasteiger partial charge in [0.1, 0.15) is 0 Å². The molecule has 0 heterocycles. The Kier molecular flexibility index (Phi) is 2.02. The van der Waals surface area contributed by atoms with E-state index in [4.69, 9.17) is 11.0 Å². The predicted octanol–water partition coefficient (Wildman–Crippen LogP) is 1.79. The maximum atomic E-state index is 13.2. The van der Waals surface area contributed by atoms with E-state index in [-0.39, 0.29) is 13.0 Å². The molecule has 1 aromatic rings. The molecule has 1 fully saturated rings. The SMILES string of the molecule is N#Cc1cccc(C2(CN)CC2(F)F)c1. The van der Waals surface area contributed by atoms with Crippen LogP contribution in [-0.4, -0.2) is 12.5 Å². The number of alkyl halides is 2. The third kappa shape index (κ3) is 1.31. The topological polar surface area (TPSA) is 49.8 Å². The van der Waals surface area contributed by atoms with Gasteiger partial charge in [-0.1, -0.05) is 12.1 Å². The molecule has 0 radical (unpaired) electrons. The van der Waals surface area contributed by atoms with Gasteiger partial charge in [0.2, 0.25) is 0 Å². The molecule has 78 valence electrons. The average Bonchev–Trinajstić information content (AvgIpc) is 2.82. The van der Waals surface area contributed by atoms with Gasteiger partial charge < -0.3 is 5.73 Å². The number of nitrogens with zero attached hydrogens (tertiary/aromatic N) is 1. The zero-order chi connectivity index (χ0) is 11.1. The Morgan fingerprint density at radius 1 is 1.47 bits per heavy atom. The first-order valence-corrected chi connectivity index (χ1v) is 4.64. The molecule has 4 heteroatoms. The molecule has 0 aliphatic heterocycles. The second-order valence-electron chi connectivity index (χ2n) is 3.86. The predicted molar refractivity (Wildman–Crippen MR) is 51.5 cm³/mol. The zero-order valence-electron chi connectivity index (χ0n) is 8.00. The van der Waals surface area contributed by atoms with Crippen molar-refractivity contribution in [1.29, 1.82) is 5.26 Å². The van der Waals surface area contributed by atoms with Crippen LogP contribution in [0.2, 0.25) is 0 Å². The minimum absolute atomic E-state index is 0.0884. The lowest BCUT2D eigenvalue weighted by Gasteiger charge is -2.14. The lowest BCUT2D eigenvalue weighted by molar-refractivity contribution is 0.0896. The van der Waals surface area contributed by atoms with E-state index in [1.165, 1.54) is 6.07 Å². The van der Waals surface area contributed by atoms with Crippen molar-refractivity contribution in [1.82, 2.24) is 0 Å². The van der Waals surface area contributed by atoms with E-state index in [9.17, 15) is 8.78 Å². The van der Waals surface area contributed by atoms with Gasteiger partial charge in [0, 0.05) is 13.0 Å². The van der Waals surface area contributed by atoms with E-state index >= 15 is 0 Å². The largest absolute Gasteiger partial charge is 0.329 e. The molecule has 1 aromatic carbocycles. The number of benzene rings is 1. The second kappa shape index (κ2) is 3.01. The van der Waals surface area contributed by atoms with Gasteiger partial charge in [-0.15, -0.1) is 0 Å². The van der Waals surface area contributed by atoms with Crippen LogP contribution in [-0.2, 0) is 5.41 Å². The highest BCUT2D eigenvalue weighted by molar-refractivity contribution is 5.43. The third-order valence-corrected chi connectivity index (χ3v) is 2.99. The van der Waals surface area contributed by atoms with Crippen molar-refractivity contribution in [2.75, 3.05) is 6.54 Å². The zero-order valence-corrected chi connectivity index (χ0v) is 8.00. The van der Waals surface area contributed by atoms with Crippen molar-refractivity contribution in [3.05, 3.63) is 35.4 Å². The molecule has 0 spiro atoms. The van der Waals surface area contributed by atoms with Crippen molar-refractivity contribution in [2.45, 2.75) is 17.8 Å². The molecule has 1 aliphatic carbocycles. The molecule has 2 rings (SSSR count). The molecular weight excluding hydrogens is 198 g/mol. The Bertz CT molecular complexity index is 436. The van der Waals surface area contributed by atoms with E-state index in [2.05, 4.69) is 0 Å². The summed E-state index contributed by atoms with van der Waals surface area (Å²) in [6.45, 7) is -0.0884. The van der Waals surface area contributed by atoms with Crippen molar-refractivity contribution >= 4 is 0 Å². The summed E-state index contributed by atoms with van der Waals surface area (Å²) >= 11 is 0. The van der Waals surface area contributed by atoms with E-state index in [0.717, 1.165) is 0 Å². The Hall–Kier alpha value is -1.47. The molecule has 1 atom stereocenters.